The first-order valence-electron chi connectivity index (χ1n) is 9.30. The molecule has 2 saturated carbocycles. The van der Waals surface area contributed by atoms with Crippen molar-refractivity contribution in [3.05, 3.63) is 0 Å². The van der Waals surface area contributed by atoms with Crippen molar-refractivity contribution in [3.8, 4) is 0 Å². The summed E-state index contributed by atoms with van der Waals surface area (Å²) in [5.41, 5.74) is 0. The molecule has 2 aliphatic carbocycles. The summed E-state index contributed by atoms with van der Waals surface area (Å²) >= 11 is 0. The van der Waals surface area contributed by atoms with Gasteiger partial charge >= 0.3 is 0 Å². The lowest BCUT2D eigenvalue weighted by Gasteiger charge is -2.41. The molecule has 0 spiro atoms. The quantitative estimate of drug-likeness (QED) is 0.857. The van der Waals surface area contributed by atoms with E-state index in [2.05, 4.69) is 24.1 Å². The second-order valence-corrected chi connectivity index (χ2v) is 7.57. The fourth-order valence-electron chi connectivity index (χ4n) is 4.89. The first-order chi connectivity index (χ1) is 10.2. The molecule has 1 N–H and O–H groups in total. The highest BCUT2D eigenvalue weighted by atomic mass is 16.2. The van der Waals surface area contributed by atoms with E-state index in [0.29, 0.717) is 30.0 Å². The third kappa shape index (κ3) is 2.99. The lowest BCUT2D eigenvalue weighted by molar-refractivity contribution is -0.135. The summed E-state index contributed by atoms with van der Waals surface area (Å²) < 4.78 is 0. The van der Waals surface area contributed by atoms with Gasteiger partial charge in [0.15, 0.2) is 0 Å². The minimum atomic E-state index is 0.0923. The number of hydrogen-bond donors (Lipinski definition) is 1. The molecule has 4 unspecified atom stereocenters. The first kappa shape index (κ1) is 15.3. The average molecular weight is 292 g/mol. The van der Waals surface area contributed by atoms with Crippen LogP contribution >= 0.6 is 0 Å². The molecule has 3 fully saturated rings. The largest absolute Gasteiger partial charge is 0.322 e. The SMILES string of the molecule is CCCC1NC(C2CCCC2)N(C2CCCCC2C)C1=O. The Morgan fingerprint density at radius 3 is 2.43 bits per heavy atom. The highest BCUT2D eigenvalue weighted by molar-refractivity contribution is 5.84. The van der Waals surface area contributed by atoms with Gasteiger partial charge in [0, 0.05) is 6.04 Å². The summed E-state index contributed by atoms with van der Waals surface area (Å²) in [4.78, 5) is 15.3. The van der Waals surface area contributed by atoms with Crippen LogP contribution in [0.2, 0.25) is 0 Å². The number of rotatable bonds is 4. The van der Waals surface area contributed by atoms with Gasteiger partial charge in [0.2, 0.25) is 5.91 Å². The second-order valence-electron chi connectivity index (χ2n) is 7.57. The Balaban J connectivity index is 1.79. The smallest absolute Gasteiger partial charge is 0.241 e. The van der Waals surface area contributed by atoms with Gasteiger partial charge in [-0.15, -0.1) is 0 Å². The standard InChI is InChI=1S/C18H32N2O/c1-3-8-15-18(21)20(16-12-7-4-9-13(16)2)17(19-15)14-10-5-6-11-14/h13-17,19H,3-12H2,1-2H3. The summed E-state index contributed by atoms with van der Waals surface area (Å²) in [6.45, 7) is 4.54. The summed E-state index contributed by atoms with van der Waals surface area (Å²) in [5, 5.41) is 3.73. The van der Waals surface area contributed by atoms with E-state index in [1.807, 2.05) is 0 Å². The Kier molecular flexibility index (Phi) is 4.88. The summed E-state index contributed by atoms with van der Waals surface area (Å²) in [7, 11) is 0. The van der Waals surface area contributed by atoms with E-state index in [0.717, 1.165) is 12.8 Å². The molecule has 1 saturated heterocycles. The zero-order valence-corrected chi connectivity index (χ0v) is 13.8. The Morgan fingerprint density at radius 2 is 1.76 bits per heavy atom. The molecule has 0 aromatic heterocycles. The van der Waals surface area contributed by atoms with Crippen molar-refractivity contribution < 1.29 is 4.79 Å². The Labute approximate surface area is 129 Å². The van der Waals surface area contributed by atoms with Gasteiger partial charge < -0.3 is 4.90 Å². The minimum Gasteiger partial charge on any atom is -0.322 e. The zero-order chi connectivity index (χ0) is 14.8. The van der Waals surface area contributed by atoms with E-state index in [1.54, 1.807) is 0 Å². The molecule has 4 atom stereocenters. The molecule has 1 aliphatic heterocycles. The van der Waals surface area contributed by atoms with Crippen molar-refractivity contribution >= 4 is 5.91 Å². The first-order valence-corrected chi connectivity index (χ1v) is 9.30. The number of carbonyl (C=O) groups excluding carboxylic acids is 1. The molecule has 3 heteroatoms. The molecular formula is C18H32N2O. The van der Waals surface area contributed by atoms with Crippen LogP contribution in [0, 0.1) is 11.8 Å². The lowest BCUT2D eigenvalue weighted by atomic mass is 9.84. The molecule has 0 aromatic carbocycles. The number of amides is 1. The number of carbonyl (C=O) groups is 1. The van der Waals surface area contributed by atoms with Crippen LogP contribution < -0.4 is 5.32 Å². The van der Waals surface area contributed by atoms with Crippen LogP contribution in [0.5, 0.6) is 0 Å². The Bertz CT molecular complexity index is 364. The molecule has 0 bridgehead atoms. The summed E-state index contributed by atoms with van der Waals surface area (Å²) in [6, 6.07) is 0.584. The van der Waals surface area contributed by atoms with Crippen LogP contribution in [0.1, 0.15) is 78.1 Å². The van der Waals surface area contributed by atoms with Gasteiger partial charge in [0.1, 0.15) is 0 Å². The van der Waals surface area contributed by atoms with Gasteiger partial charge in [-0.3, -0.25) is 10.1 Å². The van der Waals surface area contributed by atoms with Crippen LogP contribution in [0.15, 0.2) is 0 Å². The van der Waals surface area contributed by atoms with Crippen molar-refractivity contribution in [2.24, 2.45) is 11.8 Å². The maximum atomic E-state index is 13.0. The fourth-order valence-corrected chi connectivity index (χ4v) is 4.89. The van der Waals surface area contributed by atoms with Crippen LogP contribution in [-0.2, 0) is 4.79 Å². The van der Waals surface area contributed by atoms with Crippen LogP contribution in [-0.4, -0.2) is 29.1 Å². The number of nitrogens with zero attached hydrogens (tertiary/aromatic N) is 1. The van der Waals surface area contributed by atoms with Gasteiger partial charge in [0.05, 0.1) is 12.2 Å². The number of hydrogen-bond acceptors (Lipinski definition) is 2. The molecule has 21 heavy (non-hydrogen) atoms. The maximum Gasteiger partial charge on any atom is 0.241 e. The van der Waals surface area contributed by atoms with E-state index in [9.17, 15) is 4.79 Å². The molecule has 3 rings (SSSR count). The molecule has 0 aromatic rings. The van der Waals surface area contributed by atoms with Crippen LogP contribution in [0.3, 0.4) is 0 Å². The zero-order valence-electron chi connectivity index (χ0n) is 13.8. The Morgan fingerprint density at radius 1 is 1.10 bits per heavy atom. The van der Waals surface area contributed by atoms with E-state index in [-0.39, 0.29) is 6.04 Å². The summed E-state index contributed by atoms with van der Waals surface area (Å²) in [5.74, 6) is 1.78. The minimum absolute atomic E-state index is 0.0923. The predicted molar refractivity (Wildman–Crippen MR) is 85.8 cm³/mol. The highest BCUT2D eigenvalue weighted by Crippen LogP contribution is 2.38. The third-order valence-electron chi connectivity index (χ3n) is 6.07. The monoisotopic (exact) mass is 292 g/mol. The van der Waals surface area contributed by atoms with Gasteiger partial charge in [0.25, 0.3) is 0 Å². The normalized spacial score (nSPS) is 38.4. The van der Waals surface area contributed by atoms with E-state index in [4.69, 9.17) is 0 Å². The van der Waals surface area contributed by atoms with E-state index >= 15 is 0 Å². The molecule has 120 valence electrons. The van der Waals surface area contributed by atoms with Crippen molar-refractivity contribution in [2.75, 3.05) is 0 Å². The molecule has 1 heterocycles. The molecular weight excluding hydrogens is 260 g/mol. The van der Waals surface area contributed by atoms with Gasteiger partial charge in [-0.05, 0) is 43.9 Å². The maximum absolute atomic E-state index is 13.0. The van der Waals surface area contributed by atoms with Gasteiger partial charge in [-0.1, -0.05) is 46.0 Å². The average Bonchev–Trinajstić information content (AvgIpc) is 3.10. The second kappa shape index (κ2) is 6.68. The lowest BCUT2D eigenvalue weighted by Crippen LogP contribution is -2.51. The van der Waals surface area contributed by atoms with Crippen LogP contribution in [0.4, 0.5) is 0 Å². The summed E-state index contributed by atoms with van der Waals surface area (Å²) in [6.07, 6.45) is 12.9. The Hall–Kier alpha value is -0.570. The molecule has 3 nitrogen and oxygen atoms in total. The third-order valence-corrected chi connectivity index (χ3v) is 6.07. The van der Waals surface area contributed by atoms with Crippen molar-refractivity contribution in [1.29, 1.82) is 0 Å². The topological polar surface area (TPSA) is 32.3 Å². The highest BCUT2D eigenvalue weighted by Gasteiger charge is 2.46. The van der Waals surface area contributed by atoms with Crippen molar-refractivity contribution in [3.63, 3.8) is 0 Å². The van der Waals surface area contributed by atoms with Gasteiger partial charge in [-0.2, -0.15) is 0 Å². The van der Waals surface area contributed by atoms with E-state index in [1.165, 1.54) is 51.4 Å². The van der Waals surface area contributed by atoms with E-state index < -0.39 is 0 Å². The predicted octanol–water partition coefficient (Wildman–Crippen LogP) is 3.68. The molecule has 1 amide bonds. The van der Waals surface area contributed by atoms with Crippen LogP contribution in [0.25, 0.3) is 0 Å². The van der Waals surface area contributed by atoms with Gasteiger partial charge in [-0.25, -0.2) is 0 Å². The fraction of sp³-hybridized carbons (Fsp3) is 0.944. The molecule has 0 radical (unpaired) electrons. The number of nitrogens with one attached hydrogen (secondary N) is 1. The van der Waals surface area contributed by atoms with Crippen molar-refractivity contribution in [2.45, 2.75) is 96.3 Å². The molecule has 3 aliphatic rings. The van der Waals surface area contributed by atoms with Crippen molar-refractivity contribution in [1.82, 2.24) is 10.2 Å².